The molecule has 0 aliphatic heterocycles. The first kappa shape index (κ1) is 34.3. The second-order valence-electron chi connectivity index (χ2n) is 10.7. The number of rotatable bonds is 12. The lowest BCUT2D eigenvalue weighted by Gasteiger charge is -2.12. The van der Waals surface area contributed by atoms with Gasteiger partial charge in [0.25, 0.3) is 0 Å². The number of nitrogens with two attached hydrogens (primary N) is 1. The molecular weight excluding hydrogens is 629 g/mol. The molecule has 10 nitrogen and oxygen atoms in total. The molecule has 0 fully saturated rings. The Hall–Kier alpha value is -4.54. The molecule has 240 valence electrons. The van der Waals surface area contributed by atoms with E-state index < -0.39 is 0 Å². The first-order valence-electron chi connectivity index (χ1n) is 14.7. The fourth-order valence-electron chi connectivity index (χ4n) is 4.41. The maximum atomic E-state index is 11.0. The lowest BCUT2D eigenvalue weighted by Crippen LogP contribution is -2.02. The van der Waals surface area contributed by atoms with Gasteiger partial charge in [-0.3, -0.25) is 0 Å². The molecule has 0 aliphatic rings. The zero-order valence-corrected chi connectivity index (χ0v) is 27.6. The van der Waals surface area contributed by atoms with Crippen LogP contribution in [0.3, 0.4) is 0 Å². The summed E-state index contributed by atoms with van der Waals surface area (Å²) in [6.07, 6.45) is 5.32. The highest BCUT2D eigenvalue weighted by Gasteiger charge is 2.12. The zero-order chi connectivity index (χ0) is 33.2. The number of hydrogen-bond acceptors (Lipinski definition) is 10. The minimum atomic E-state index is 0.158. The van der Waals surface area contributed by atoms with Gasteiger partial charge < -0.3 is 29.5 Å². The van der Waals surface area contributed by atoms with Crippen LogP contribution in [-0.2, 0) is 9.59 Å². The van der Waals surface area contributed by atoms with Crippen molar-refractivity contribution in [2.24, 2.45) is 0 Å². The van der Waals surface area contributed by atoms with Gasteiger partial charge in [0.1, 0.15) is 46.6 Å². The van der Waals surface area contributed by atoms with Crippen molar-refractivity contribution in [1.29, 1.82) is 0 Å². The summed E-state index contributed by atoms with van der Waals surface area (Å²) in [4.78, 5) is 38.5. The molecule has 5 aromatic rings. The summed E-state index contributed by atoms with van der Waals surface area (Å²) in [6, 6.07) is 12.6. The topological polar surface area (TPSA) is 139 Å². The molecule has 0 aliphatic carbocycles. The van der Waals surface area contributed by atoms with E-state index in [2.05, 4.69) is 19.9 Å². The Morgan fingerprint density at radius 2 is 1.28 bits per heavy atom. The Labute approximate surface area is 277 Å². The number of aryl methyl sites for hydroxylation is 2. The Bertz CT molecular complexity index is 1870. The van der Waals surface area contributed by atoms with Gasteiger partial charge in [0.15, 0.2) is 0 Å². The number of carbonyl (C=O) groups is 2. The number of halogens is 2. The number of ether oxygens (including phenoxy) is 3. The monoisotopic (exact) mass is 663 g/mol. The van der Waals surface area contributed by atoms with Gasteiger partial charge in [0.05, 0.1) is 40.3 Å². The Morgan fingerprint density at radius 1 is 0.739 bits per heavy atom. The number of fused-ring (bicyclic) bond motifs is 2. The van der Waals surface area contributed by atoms with Gasteiger partial charge in [-0.1, -0.05) is 23.2 Å². The quantitative estimate of drug-likeness (QED) is 0.0791. The van der Waals surface area contributed by atoms with Crippen LogP contribution in [0.2, 0.25) is 10.2 Å². The van der Waals surface area contributed by atoms with Crippen molar-refractivity contribution in [1.82, 2.24) is 19.9 Å². The summed E-state index contributed by atoms with van der Waals surface area (Å²) in [5, 5.41) is 2.44. The first-order chi connectivity index (χ1) is 22.0. The largest absolute Gasteiger partial charge is 0.493 e. The van der Waals surface area contributed by atoms with E-state index in [0.29, 0.717) is 65.5 Å². The molecule has 2 heterocycles. The van der Waals surface area contributed by atoms with Gasteiger partial charge >= 0.3 is 0 Å². The summed E-state index contributed by atoms with van der Waals surface area (Å²) in [5.41, 5.74) is 9.58. The van der Waals surface area contributed by atoms with Crippen molar-refractivity contribution < 1.29 is 23.8 Å². The van der Waals surface area contributed by atoms with E-state index in [0.717, 1.165) is 45.3 Å². The maximum Gasteiger partial charge on any atom is 0.230 e. The molecule has 0 saturated heterocycles. The van der Waals surface area contributed by atoms with Crippen molar-refractivity contribution in [2.75, 3.05) is 18.9 Å². The highest BCUT2D eigenvalue weighted by atomic mass is 35.5. The number of anilines is 1. The molecule has 0 amide bonds. The highest BCUT2D eigenvalue weighted by Crippen LogP contribution is 2.33. The smallest absolute Gasteiger partial charge is 0.230 e. The predicted molar refractivity (Wildman–Crippen MR) is 180 cm³/mol. The Balaban J connectivity index is 0.000000222. The number of aromatic nitrogens is 4. The van der Waals surface area contributed by atoms with Crippen molar-refractivity contribution >= 4 is 62.3 Å². The average molecular weight is 665 g/mol. The summed E-state index contributed by atoms with van der Waals surface area (Å²) < 4.78 is 17.4. The molecule has 2 aromatic heterocycles. The minimum absolute atomic E-state index is 0.158. The van der Waals surface area contributed by atoms with Crippen LogP contribution in [0, 0.1) is 13.8 Å². The lowest BCUT2D eigenvalue weighted by atomic mass is 10.1. The maximum absolute atomic E-state index is 11.0. The lowest BCUT2D eigenvalue weighted by molar-refractivity contribution is -0.118. The highest BCUT2D eigenvalue weighted by molar-refractivity contribution is 6.34. The average Bonchev–Trinajstić information content (AvgIpc) is 3.01. The molecule has 46 heavy (non-hydrogen) atoms. The van der Waals surface area contributed by atoms with Crippen LogP contribution in [0.1, 0.15) is 50.7 Å². The normalized spacial score (nSPS) is 10.7. The van der Waals surface area contributed by atoms with Gasteiger partial charge in [0.2, 0.25) is 5.88 Å². The van der Waals surface area contributed by atoms with Crippen LogP contribution in [0.4, 0.5) is 5.69 Å². The summed E-state index contributed by atoms with van der Waals surface area (Å²) in [5.74, 6) is 2.80. The third-order valence-electron chi connectivity index (χ3n) is 6.83. The van der Waals surface area contributed by atoms with E-state index in [9.17, 15) is 9.59 Å². The fourth-order valence-corrected chi connectivity index (χ4v) is 4.78. The standard InChI is InChI=1S/C20H20ClN3O3.C14H15ClN2O2/c1-12-8-15-18(10-19(12)26-7-3-4-13(2)25)23-11-24-20(15)27-14-5-6-17(22)16(21)9-14;1-9-6-11-12(16-8-17-14(11)15)7-13(9)19-5-3-4-10(2)18/h5-6,8-11H,3-4,7,22H2,1-2H3;6-8H,3-5H2,1-2H3. The van der Waals surface area contributed by atoms with Crippen molar-refractivity contribution in [3.05, 3.63) is 76.4 Å². The molecule has 0 saturated carbocycles. The van der Waals surface area contributed by atoms with Crippen molar-refractivity contribution in [3.8, 4) is 23.1 Å². The second kappa shape index (κ2) is 16.1. The van der Waals surface area contributed by atoms with E-state index in [1.807, 2.05) is 38.1 Å². The fraction of sp³-hybridized carbons (Fsp3) is 0.294. The van der Waals surface area contributed by atoms with Gasteiger partial charge in [-0.05, 0) is 75.9 Å². The first-order valence-corrected chi connectivity index (χ1v) is 15.4. The molecule has 0 radical (unpaired) electrons. The number of benzene rings is 3. The summed E-state index contributed by atoms with van der Waals surface area (Å²) >= 11 is 12.1. The number of ketones is 2. The predicted octanol–water partition coefficient (Wildman–Crippen LogP) is 8.05. The number of nitrogens with zero attached hydrogens (tertiary/aromatic N) is 4. The zero-order valence-electron chi connectivity index (χ0n) is 26.1. The number of Topliss-reactive ketones (excluding diaryl/α,β-unsaturated/α-hetero) is 2. The SMILES string of the molecule is CC(=O)CCCOc1cc2ncnc(Cl)c2cc1C.CC(=O)CCCOc1cc2ncnc(Oc3ccc(N)c(Cl)c3)c2cc1C. The van der Waals surface area contributed by atoms with E-state index in [4.69, 9.17) is 43.1 Å². The Morgan fingerprint density at radius 3 is 1.85 bits per heavy atom. The van der Waals surface area contributed by atoms with E-state index in [1.165, 1.54) is 12.7 Å². The van der Waals surface area contributed by atoms with Crippen LogP contribution in [-0.4, -0.2) is 44.7 Å². The molecule has 0 bridgehead atoms. The Kier molecular flexibility index (Phi) is 12.1. The van der Waals surface area contributed by atoms with Crippen LogP contribution < -0.4 is 19.9 Å². The number of hydrogen-bond donors (Lipinski definition) is 1. The van der Waals surface area contributed by atoms with Crippen molar-refractivity contribution in [2.45, 2.75) is 53.4 Å². The number of nitrogen functional groups attached to an aromatic ring is 1. The molecule has 0 atom stereocenters. The minimum Gasteiger partial charge on any atom is -0.493 e. The molecule has 5 rings (SSSR count). The number of carbonyl (C=O) groups excluding carboxylic acids is 2. The third-order valence-corrected chi connectivity index (χ3v) is 7.46. The van der Waals surface area contributed by atoms with Crippen LogP contribution in [0.5, 0.6) is 23.1 Å². The second-order valence-corrected chi connectivity index (χ2v) is 11.5. The van der Waals surface area contributed by atoms with E-state index >= 15 is 0 Å². The molecule has 2 N–H and O–H groups in total. The van der Waals surface area contributed by atoms with Gasteiger partial charge in [-0.2, -0.15) is 0 Å². The summed E-state index contributed by atoms with van der Waals surface area (Å²) in [6.45, 7) is 8.04. The molecular formula is C34H35Cl2N5O5. The molecule has 0 unspecified atom stereocenters. The van der Waals surface area contributed by atoms with Crippen molar-refractivity contribution in [3.63, 3.8) is 0 Å². The molecule has 12 heteroatoms. The molecule has 3 aromatic carbocycles. The molecule has 0 spiro atoms. The van der Waals surface area contributed by atoms with Gasteiger partial charge in [-0.25, -0.2) is 19.9 Å². The summed E-state index contributed by atoms with van der Waals surface area (Å²) in [7, 11) is 0. The van der Waals surface area contributed by atoms with E-state index in [-0.39, 0.29) is 11.6 Å². The van der Waals surface area contributed by atoms with Crippen LogP contribution >= 0.6 is 23.2 Å². The van der Waals surface area contributed by atoms with E-state index in [1.54, 1.807) is 32.0 Å². The van der Waals surface area contributed by atoms with Gasteiger partial charge in [0, 0.05) is 36.4 Å². The van der Waals surface area contributed by atoms with Gasteiger partial charge in [-0.15, -0.1) is 0 Å². The third kappa shape index (κ3) is 9.48. The van der Waals surface area contributed by atoms with Crippen LogP contribution in [0.25, 0.3) is 21.8 Å². The van der Waals surface area contributed by atoms with Crippen LogP contribution in [0.15, 0.2) is 55.1 Å².